The number of alkyl halides is 3. The summed E-state index contributed by atoms with van der Waals surface area (Å²) in [6.07, 6.45) is 0.347. The molecule has 3 aliphatic heterocycles. The lowest BCUT2D eigenvalue weighted by molar-refractivity contribution is -0.137. The lowest BCUT2D eigenvalue weighted by Crippen LogP contribution is -2.52. The summed E-state index contributed by atoms with van der Waals surface area (Å²) in [7, 11) is 5.29. The van der Waals surface area contributed by atoms with E-state index in [4.69, 9.17) is 5.10 Å². The Morgan fingerprint density at radius 3 is 2.56 bits per heavy atom. The van der Waals surface area contributed by atoms with E-state index in [2.05, 4.69) is 4.98 Å². The number of aromatic nitrogens is 3. The maximum absolute atomic E-state index is 15.6. The zero-order valence-corrected chi connectivity index (χ0v) is 27.0. The Morgan fingerprint density at radius 1 is 1.10 bits per heavy atom. The summed E-state index contributed by atoms with van der Waals surface area (Å²) < 4.78 is 58.5. The minimum absolute atomic E-state index is 0.0288. The summed E-state index contributed by atoms with van der Waals surface area (Å²) in [5, 5.41) is 4.72. The number of amides is 3. The number of nitrogens with zero attached hydrogens (tertiary/aromatic N) is 8. The number of aryl methyl sites for hydroxylation is 1. The zero-order valence-electron chi connectivity index (χ0n) is 27.0. The Kier molecular flexibility index (Phi) is 8.75. The van der Waals surface area contributed by atoms with Crippen molar-refractivity contribution in [3.8, 4) is 0 Å². The first-order valence-corrected chi connectivity index (χ1v) is 15.5. The van der Waals surface area contributed by atoms with E-state index < -0.39 is 41.3 Å². The largest absolute Gasteiger partial charge is 0.416 e. The Labute approximate surface area is 275 Å². The zero-order chi connectivity index (χ0) is 34.5. The second-order valence-electron chi connectivity index (χ2n) is 12.8. The van der Waals surface area contributed by atoms with Crippen LogP contribution in [0.1, 0.15) is 29.4 Å². The van der Waals surface area contributed by atoms with Crippen molar-refractivity contribution in [1.29, 1.82) is 0 Å². The molecular weight excluding hydrogens is 632 g/mol. The monoisotopic (exact) mass is 668 g/mol. The molecule has 0 aliphatic carbocycles. The van der Waals surface area contributed by atoms with Gasteiger partial charge in [-0.3, -0.25) is 24.0 Å². The molecule has 0 N–H and O–H groups in total. The molecule has 2 aromatic heterocycles. The van der Waals surface area contributed by atoms with Crippen LogP contribution in [-0.4, -0.2) is 95.6 Å². The molecule has 48 heavy (non-hydrogen) atoms. The average molecular weight is 669 g/mol. The Balaban J connectivity index is 1.27. The van der Waals surface area contributed by atoms with E-state index in [1.54, 1.807) is 38.9 Å². The van der Waals surface area contributed by atoms with Crippen LogP contribution < -0.4 is 14.7 Å². The van der Waals surface area contributed by atoms with Gasteiger partial charge in [0.1, 0.15) is 17.7 Å². The second kappa shape index (κ2) is 12.7. The van der Waals surface area contributed by atoms with Crippen molar-refractivity contribution in [3.05, 3.63) is 77.5 Å². The van der Waals surface area contributed by atoms with Crippen LogP contribution in [0.25, 0.3) is 0 Å². The van der Waals surface area contributed by atoms with Crippen molar-refractivity contribution in [1.82, 2.24) is 24.6 Å². The van der Waals surface area contributed by atoms with Crippen LogP contribution in [0.15, 0.2) is 54.7 Å². The molecule has 3 aromatic rings. The fraction of sp³-hybridized carbons (Fsp3) is 0.424. The number of hydrogen-bond donors (Lipinski definition) is 0. The van der Waals surface area contributed by atoms with Gasteiger partial charge in [-0.2, -0.15) is 18.3 Å². The highest BCUT2D eigenvalue weighted by Gasteiger charge is 2.49. The lowest BCUT2D eigenvalue weighted by Gasteiger charge is -2.39. The third kappa shape index (κ3) is 6.38. The van der Waals surface area contributed by atoms with E-state index in [-0.39, 0.29) is 54.3 Å². The summed E-state index contributed by atoms with van der Waals surface area (Å²) in [6.45, 7) is 3.22. The van der Waals surface area contributed by atoms with Crippen LogP contribution in [0.3, 0.4) is 0 Å². The lowest BCUT2D eigenvalue weighted by atomic mass is 9.95. The number of anilines is 3. The molecule has 15 heteroatoms. The quantitative estimate of drug-likeness (QED) is 0.280. The Morgan fingerprint density at radius 2 is 1.85 bits per heavy atom. The van der Waals surface area contributed by atoms with Crippen LogP contribution in [0.5, 0.6) is 0 Å². The first-order valence-electron chi connectivity index (χ1n) is 15.5. The predicted molar refractivity (Wildman–Crippen MR) is 170 cm³/mol. The molecule has 2 atom stereocenters. The number of pyridine rings is 1. The molecule has 1 aromatic carbocycles. The smallest absolute Gasteiger partial charge is 0.361 e. The number of rotatable bonds is 7. The van der Waals surface area contributed by atoms with Crippen LogP contribution in [0, 0.1) is 18.7 Å². The van der Waals surface area contributed by atoms with Gasteiger partial charge < -0.3 is 19.6 Å². The number of likely N-dealkylation sites (tertiary alicyclic amines) is 1. The third-order valence-corrected chi connectivity index (χ3v) is 8.92. The van der Waals surface area contributed by atoms with Gasteiger partial charge in [0.25, 0.3) is 0 Å². The first kappa shape index (κ1) is 33.1. The third-order valence-electron chi connectivity index (χ3n) is 8.92. The van der Waals surface area contributed by atoms with Crippen molar-refractivity contribution in [2.24, 2.45) is 5.92 Å². The van der Waals surface area contributed by atoms with Gasteiger partial charge in [0, 0.05) is 63.5 Å². The van der Waals surface area contributed by atoms with Crippen molar-refractivity contribution < 1.29 is 31.9 Å². The SMILES string of the molecule is Cc1cc(C(F)(F)F)cc(N2C(=O)C[C@@H]3CN(Cc4ccn(C5CN(C(=O)/C=C/CN(C)C)C5)n4)c4c(F)cccc4N(C)C(=O)[C@H]32)n1. The molecule has 0 radical (unpaired) electrons. The highest BCUT2D eigenvalue weighted by Crippen LogP contribution is 2.41. The van der Waals surface area contributed by atoms with E-state index >= 15 is 4.39 Å². The molecule has 2 saturated heterocycles. The van der Waals surface area contributed by atoms with Gasteiger partial charge in [-0.1, -0.05) is 12.1 Å². The van der Waals surface area contributed by atoms with Crippen molar-refractivity contribution in [3.63, 3.8) is 0 Å². The summed E-state index contributed by atoms with van der Waals surface area (Å²) >= 11 is 0. The van der Waals surface area contributed by atoms with E-state index in [1.165, 1.54) is 31.0 Å². The fourth-order valence-electron chi connectivity index (χ4n) is 6.54. The Bertz CT molecular complexity index is 1770. The number of hydrogen-bond acceptors (Lipinski definition) is 7. The van der Waals surface area contributed by atoms with Gasteiger partial charge >= 0.3 is 6.18 Å². The van der Waals surface area contributed by atoms with Crippen LogP contribution in [-0.2, 0) is 27.1 Å². The number of halogens is 4. The van der Waals surface area contributed by atoms with E-state index in [0.29, 0.717) is 25.3 Å². The number of para-hydroxylation sites is 1. The molecule has 0 saturated carbocycles. The molecule has 254 valence electrons. The second-order valence-corrected chi connectivity index (χ2v) is 12.8. The molecule has 5 heterocycles. The summed E-state index contributed by atoms with van der Waals surface area (Å²) in [4.78, 5) is 51.8. The highest BCUT2D eigenvalue weighted by atomic mass is 19.4. The topological polar surface area (TPSA) is 98.1 Å². The molecule has 3 aliphatic rings. The average Bonchev–Trinajstić information content (AvgIpc) is 3.57. The summed E-state index contributed by atoms with van der Waals surface area (Å²) in [6, 6.07) is 6.62. The molecule has 0 bridgehead atoms. The van der Waals surface area contributed by atoms with Gasteiger partial charge in [-0.25, -0.2) is 9.37 Å². The van der Waals surface area contributed by atoms with Gasteiger partial charge in [-0.15, -0.1) is 0 Å². The molecule has 2 fully saturated rings. The molecule has 3 amide bonds. The van der Waals surface area contributed by atoms with Crippen molar-refractivity contribution in [2.75, 3.05) is 62.0 Å². The molecule has 0 unspecified atom stereocenters. The molecule has 11 nitrogen and oxygen atoms in total. The highest BCUT2D eigenvalue weighted by molar-refractivity contribution is 6.10. The van der Waals surface area contributed by atoms with Crippen molar-refractivity contribution >= 4 is 34.9 Å². The number of carbonyl (C=O) groups is 3. The molecular formula is C33H36F4N8O3. The minimum atomic E-state index is -4.68. The van der Waals surface area contributed by atoms with Gasteiger partial charge in [-0.05, 0) is 51.4 Å². The molecule has 6 rings (SSSR count). The van der Waals surface area contributed by atoms with E-state index in [1.807, 2.05) is 25.1 Å². The molecule has 0 spiro atoms. The van der Waals surface area contributed by atoms with Crippen LogP contribution in [0.4, 0.5) is 34.8 Å². The summed E-state index contributed by atoms with van der Waals surface area (Å²) in [5.41, 5.74) is 0.0812. The standard InChI is InChI=1S/C33H36F4N8O3/c1-20-13-22(33(35,36)37)15-27(38-20)45-29(47)14-21-16-43(31-25(34)7-5-8-26(31)41(4)32(48)30(21)45)17-23-10-12-44(39-23)24-18-42(19-24)28(46)9-6-11-40(2)3/h5-10,12-13,15,21,24,30H,11,14,16-19H2,1-4H3/b9-6+/t21-,30+/m1/s1. The number of benzene rings is 1. The fourth-order valence-corrected chi connectivity index (χ4v) is 6.54. The number of likely N-dealkylation sites (N-methyl/N-ethyl adjacent to an activating group) is 2. The minimum Gasteiger partial charge on any atom is -0.361 e. The van der Waals surface area contributed by atoms with E-state index in [0.717, 1.165) is 17.0 Å². The van der Waals surface area contributed by atoms with Crippen LogP contribution in [0.2, 0.25) is 0 Å². The number of fused-ring (bicyclic) bond motifs is 2. The first-order chi connectivity index (χ1) is 22.7. The predicted octanol–water partition coefficient (Wildman–Crippen LogP) is 3.65. The summed E-state index contributed by atoms with van der Waals surface area (Å²) in [5.74, 6) is -2.69. The van der Waals surface area contributed by atoms with Crippen molar-refractivity contribution in [2.45, 2.75) is 38.1 Å². The van der Waals surface area contributed by atoms with Gasteiger partial charge in [0.05, 0.1) is 35.2 Å². The number of carbonyl (C=O) groups excluding carboxylic acids is 3. The Hall–Kier alpha value is -4.79. The van der Waals surface area contributed by atoms with Crippen LogP contribution >= 0.6 is 0 Å². The van der Waals surface area contributed by atoms with Gasteiger partial charge in [0.15, 0.2) is 0 Å². The maximum Gasteiger partial charge on any atom is 0.416 e. The van der Waals surface area contributed by atoms with E-state index in [9.17, 15) is 27.6 Å². The van der Waals surface area contributed by atoms with Gasteiger partial charge in [0.2, 0.25) is 17.7 Å². The maximum atomic E-state index is 15.6. The normalized spacial score (nSPS) is 20.4.